The second-order valence-electron chi connectivity index (χ2n) is 3.48. The molecule has 0 rings (SSSR count). The molecule has 0 fully saturated rings. The molecular weight excluding hydrogens is 186 g/mol. The van der Waals surface area contributed by atoms with Crippen molar-refractivity contribution in [2.24, 2.45) is 9.98 Å². The maximum atomic E-state index is 4.43. The number of rotatable bonds is 6. The van der Waals surface area contributed by atoms with Gasteiger partial charge < -0.3 is 5.32 Å². The second-order valence-corrected chi connectivity index (χ2v) is 3.48. The Balaban J connectivity index is 4.61. The molecule has 86 valence electrons. The number of nitrogens with one attached hydrogen (secondary N) is 1. The van der Waals surface area contributed by atoms with Crippen LogP contribution in [0, 0.1) is 0 Å². The molecule has 1 N–H and O–H groups in total. The minimum atomic E-state index is 0.489. The van der Waals surface area contributed by atoms with E-state index in [2.05, 4.69) is 35.9 Å². The highest BCUT2D eigenvalue weighted by Crippen LogP contribution is 2.02. The first-order chi connectivity index (χ1) is 7.19. The lowest BCUT2D eigenvalue weighted by molar-refractivity contribution is 0.569. The Hall–Kier alpha value is -1.12. The zero-order valence-corrected chi connectivity index (χ0v) is 10.4. The third-order valence-corrected chi connectivity index (χ3v) is 2.30. The molecule has 0 spiro atoms. The Kier molecular flexibility index (Phi) is 7.60. The van der Waals surface area contributed by atoms with Crippen LogP contribution in [-0.4, -0.2) is 25.1 Å². The number of nitrogens with zero attached hydrogens (tertiary/aromatic N) is 2. The molecule has 0 aliphatic heterocycles. The van der Waals surface area contributed by atoms with Gasteiger partial charge in [0.05, 0.1) is 0 Å². The summed E-state index contributed by atoms with van der Waals surface area (Å²) in [6.45, 7) is 12.6. The highest BCUT2D eigenvalue weighted by molar-refractivity contribution is 5.97. The fourth-order valence-electron chi connectivity index (χ4n) is 1.33. The van der Waals surface area contributed by atoms with Crippen molar-refractivity contribution in [3.05, 3.63) is 11.8 Å². The Morgan fingerprint density at radius 1 is 1.33 bits per heavy atom. The average Bonchev–Trinajstić information content (AvgIpc) is 2.24. The highest BCUT2D eigenvalue weighted by atomic mass is 15.0. The molecule has 0 atom stereocenters. The zero-order chi connectivity index (χ0) is 11.7. The van der Waals surface area contributed by atoms with E-state index in [1.54, 1.807) is 6.20 Å². The van der Waals surface area contributed by atoms with Crippen LogP contribution >= 0.6 is 0 Å². The fraction of sp³-hybridized carbons (Fsp3) is 0.667. The van der Waals surface area contributed by atoms with Gasteiger partial charge in [-0.05, 0) is 33.4 Å². The van der Waals surface area contributed by atoms with Gasteiger partial charge in [-0.1, -0.05) is 13.8 Å². The lowest BCUT2D eigenvalue weighted by atomic mass is 10.1. The number of hydrogen-bond acceptors (Lipinski definition) is 2. The minimum Gasteiger partial charge on any atom is -0.367 e. The molecule has 0 aromatic heterocycles. The SMILES string of the molecule is C=N/C=C(/C)C(=NCC)NC(CC)CC. The number of hydrogen-bond donors (Lipinski definition) is 1. The molecule has 0 saturated heterocycles. The molecule has 3 heteroatoms. The molecule has 15 heavy (non-hydrogen) atoms. The van der Waals surface area contributed by atoms with Gasteiger partial charge in [-0.3, -0.25) is 9.98 Å². The topological polar surface area (TPSA) is 36.8 Å². The lowest BCUT2D eigenvalue weighted by Gasteiger charge is -2.18. The lowest BCUT2D eigenvalue weighted by Crippen LogP contribution is -2.34. The van der Waals surface area contributed by atoms with Gasteiger partial charge in [0, 0.05) is 24.4 Å². The van der Waals surface area contributed by atoms with E-state index >= 15 is 0 Å². The monoisotopic (exact) mass is 209 g/mol. The van der Waals surface area contributed by atoms with Crippen molar-refractivity contribution in [2.45, 2.75) is 46.6 Å². The van der Waals surface area contributed by atoms with Crippen LogP contribution in [0.1, 0.15) is 40.5 Å². The van der Waals surface area contributed by atoms with E-state index in [0.717, 1.165) is 30.8 Å². The molecule has 0 amide bonds. The van der Waals surface area contributed by atoms with E-state index in [1.165, 1.54) is 0 Å². The Labute approximate surface area is 93.4 Å². The van der Waals surface area contributed by atoms with Crippen molar-refractivity contribution < 1.29 is 0 Å². The van der Waals surface area contributed by atoms with Crippen LogP contribution in [0.3, 0.4) is 0 Å². The molecule has 0 aliphatic carbocycles. The maximum Gasteiger partial charge on any atom is 0.125 e. The van der Waals surface area contributed by atoms with Crippen molar-refractivity contribution >= 4 is 12.6 Å². The first kappa shape index (κ1) is 13.9. The van der Waals surface area contributed by atoms with E-state index in [4.69, 9.17) is 0 Å². The van der Waals surface area contributed by atoms with Gasteiger partial charge in [0.2, 0.25) is 0 Å². The summed E-state index contributed by atoms with van der Waals surface area (Å²) in [6.07, 6.45) is 3.95. The molecule has 0 bridgehead atoms. The van der Waals surface area contributed by atoms with Gasteiger partial charge in [0.1, 0.15) is 5.84 Å². The summed E-state index contributed by atoms with van der Waals surface area (Å²) < 4.78 is 0. The molecule has 3 nitrogen and oxygen atoms in total. The van der Waals surface area contributed by atoms with Crippen LogP contribution in [0.25, 0.3) is 0 Å². The van der Waals surface area contributed by atoms with Crippen LogP contribution < -0.4 is 5.32 Å². The van der Waals surface area contributed by atoms with Gasteiger partial charge in [-0.2, -0.15) is 0 Å². The third kappa shape index (κ3) is 5.35. The summed E-state index contributed by atoms with van der Waals surface area (Å²) in [5, 5.41) is 3.43. The molecule has 0 saturated carbocycles. The fourth-order valence-corrected chi connectivity index (χ4v) is 1.33. The summed E-state index contributed by atoms with van der Waals surface area (Å²) in [7, 11) is 0. The summed E-state index contributed by atoms with van der Waals surface area (Å²) in [5.74, 6) is 0.943. The molecule has 0 aliphatic rings. The zero-order valence-electron chi connectivity index (χ0n) is 10.4. The standard InChI is InChI=1S/C12H23N3/c1-6-11(7-2)15-12(14-8-3)10(4)9-13-5/h9,11H,5-8H2,1-4H3,(H,14,15)/b10-9-. The van der Waals surface area contributed by atoms with E-state index in [1.807, 2.05) is 13.8 Å². The second kappa shape index (κ2) is 8.21. The Morgan fingerprint density at radius 3 is 2.33 bits per heavy atom. The summed E-state index contributed by atoms with van der Waals surface area (Å²) >= 11 is 0. The van der Waals surface area contributed by atoms with Crippen molar-refractivity contribution in [3.63, 3.8) is 0 Å². The van der Waals surface area contributed by atoms with Crippen LogP contribution in [0.5, 0.6) is 0 Å². The predicted molar refractivity (Wildman–Crippen MR) is 68.8 cm³/mol. The van der Waals surface area contributed by atoms with E-state index in [9.17, 15) is 0 Å². The van der Waals surface area contributed by atoms with E-state index < -0.39 is 0 Å². The van der Waals surface area contributed by atoms with Crippen LogP contribution in [0.2, 0.25) is 0 Å². The highest BCUT2D eigenvalue weighted by Gasteiger charge is 2.07. The van der Waals surface area contributed by atoms with Gasteiger partial charge in [-0.15, -0.1) is 0 Å². The largest absolute Gasteiger partial charge is 0.367 e. The van der Waals surface area contributed by atoms with Gasteiger partial charge in [0.25, 0.3) is 0 Å². The first-order valence-corrected chi connectivity index (χ1v) is 5.63. The van der Waals surface area contributed by atoms with E-state index in [-0.39, 0.29) is 0 Å². The minimum absolute atomic E-state index is 0.489. The Bertz CT molecular complexity index is 237. The van der Waals surface area contributed by atoms with Crippen molar-refractivity contribution in [2.75, 3.05) is 6.54 Å². The van der Waals surface area contributed by atoms with Crippen molar-refractivity contribution in [1.82, 2.24) is 5.32 Å². The average molecular weight is 209 g/mol. The number of aliphatic imine (C=N–C) groups is 2. The summed E-state index contributed by atoms with van der Waals surface area (Å²) in [4.78, 5) is 8.19. The summed E-state index contributed by atoms with van der Waals surface area (Å²) in [6, 6.07) is 0.489. The molecule has 0 aromatic carbocycles. The van der Waals surface area contributed by atoms with Crippen molar-refractivity contribution in [3.8, 4) is 0 Å². The molecule has 0 heterocycles. The molecule has 0 unspecified atom stereocenters. The van der Waals surface area contributed by atoms with Crippen molar-refractivity contribution in [1.29, 1.82) is 0 Å². The molecular formula is C12H23N3. The van der Waals surface area contributed by atoms with Crippen LogP contribution in [0.15, 0.2) is 21.8 Å². The van der Waals surface area contributed by atoms with Gasteiger partial charge >= 0.3 is 0 Å². The van der Waals surface area contributed by atoms with Gasteiger partial charge in [-0.25, -0.2) is 0 Å². The smallest absolute Gasteiger partial charge is 0.125 e. The molecule has 0 radical (unpaired) electrons. The quantitative estimate of drug-likeness (QED) is 0.530. The summed E-state index contributed by atoms with van der Waals surface area (Å²) in [5.41, 5.74) is 1.04. The van der Waals surface area contributed by atoms with E-state index in [0.29, 0.717) is 6.04 Å². The normalized spacial score (nSPS) is 13.1. The van der Waals surface area contributed by atoms with Crippen LogP contribution in [0.4, 0.5) is 0 Å². The maximum absolute atomic E-state index is 4.43. The first-order valence-electron chi connectivity index (χ1n) is 5.63. The number of amidine groups is 1. The van der Waals surface area contributed by atoms with Gasteiger partial charge in [0.15, 0.2) is 0 Å². The predicted octanol–water partition coefficient (Wildman–Crippen LogP) is 2.79. The molecule has 0 aromatic rings. The van der Waals surface area contributed by atoms with Crippen LogP contribution in [-0.2, 0) is 0 Å². The Morgan fingerprint density at radius 2 is 1.93 bits per heavy atom. The third-order valence-electron chi connectivity index (χ3n) is 2.30.